The summed E-state index contributed by atoms with van der Waals surface area (Å²) in [4.78, 5) is 23.2. The van der Waals surface area contributed by atoms with E-state index in [1.165, 1.54) is 20.3 Å². The lowest BCUT2D eigenvalue weighted by atomic mass is 10.2. The van der Waals surface area contributed by atoms with Crippen molar-refractivity contribution in [2.24, 2.45) is 0 Å². The molecule has 21 heavy (non-hydrogen) atoms. The van der Waals surface area contributed by atoms with Crippen LogP contribution >= 0.6 is 0 Å². The van der Waals surface area contributed by atoms with Crippen molar-refractivity contribution in [3.63, 3.8) is 0 Å². The molecule has 0 unspecified atom stereocenters. The fraction of sp³-hybridized carbons (Fsp3) is 0.188. The molecule has 0 bridgehead atoms. The second-order valence-corrected chi connectivity index (χ2v) is 4.32. The van der Waals surface area contributed by atoms with Gasteiger partial charge in [0, 0.05) is 23.6 Å². The molecule has 0 N–H and O–H groups in total. The Morgan fingerprint density at radius 2 is 1.67 bits per heavy atom. The minimum absolute atomic E-state index is 0.111. The first-order chi connectivity index (χ1) is 10.2. The number of rotatable bonds is 4. The molecular weight excluding hydrogens is 270 g/mol. The van der Waals surface area contributed by atoms with Gasteiger partial charge in [0.1, 0.15) is 5.57 Å². The summed E-state index contributed by atoms with van der Waals surface area (Å²) in [6, 6.07) is 11.8. The Hall–Kier alpha value is -2.69. The van der Waals surface area contributed by atoms with E-state index in [-0.39, 0.29) is 5.57 Å². The number of hydrogen-bond donors (Lipinski definition) is 0. The van der Waals surface area contributed by atoms with Gasteiger partial charge < -0.3 is 9.47 Å². The Bertz CT molecular complexity index is 683. The molecule has 2 rings (SSSR count). The molecule has 5 nitrogen and oxygen atoms in total. The van der Waals surface area contributed by atoms with Gasteiger partial charge in [-0.15, -0.1) is 0 Å². The van der Waals surface area contributed by atoms with E-state index in [1.807, 2.05) is 47.2 Å². The number of allylic oxidation sites excluding steroid dienone is 1. The van der Waals surface area contributed by atoms with Gasteiger partial charge in [-0.25, -0.2) is 9.59 Å². The molecule has 0 radical (unpaired) electrons. The number of pyridine rings is 1. The molecule has 0 atom stereocenters. The molecule has 0 aliphatic rings. The number of carbonyl (C=O) groups excluding carboxylic acids is 2. The number of para-hydroxylation sites is 1. The van der Waals surface area contributed by atoms with E-state index in [0.717, 1.165) is 10.9 Å². The number of esters is 2. The molecule has 0 saturated heterocycles. The standard InChI is InChI=1S/C16H16NO4/c1-20-15(18)13(16(19)21-2)9-11-17-10-5-7-12-6-3-4-8-14(12)17/h3-10H,11H2,1-2H3/q+1. The molecule has 0 saturated carbocycles. The van der Waals surface area contributed by atoms with Gasteiger partial charge in [-0.05, 0) is 12.1 Å². The van der Waals surface area contributed by atoms with Crippen LogP contribution in [-0.4, -0.2) is 26.2 Å². The third-order valence-corrected chi connectivity index (χ3v) is 3.09. The van der Waals surface area contributed by atoms with Gasteiger partial charge in [0.05, 0.1) is 14.2 Å². The van der Waals surface area contributed by atoms with Crippen LogP contribution < -0.4 is 4.57 Å². The zero-order chi connectivity index (χ0) is 15.2. The molecule has 0 fully saturated rings. The minimum atomic E-state index is -0.706. The van der Waals surface area contributed by atoms with E-state index in [2.05, 4.69) is 9.47 Å². The van der Waals surface area contributed by atoms with Crippen LogP contribution in [0.1, 0.15) is 0 Å². The van der Waals surface area contributed by atoms with E-state index in [4.69, 9.17) is 0 Å². The summed E-state index contributed by atoms with van der Waals surface area (Å²) in [6.07, 6.45) is 3.38. The van der Waals surface area contributed by atoms with Crippen molar-refractivity contribution in [2.45, 2.75) is 6.54 Å². The lowest BCUT2D eigenvalue weighted by Crippen LogP contribution is -2.34. The molecule has 1 aromatic heterocycles. The highest BCUT2D eigenvalue weighted by Crippen LogP contribution is 2.08. The maximum absolute atomic E-state index is 11.6. The second kappa shape index (κ2) is 6.65. The summed E-state index contributed by atoms with van der Waals surface area (Å²) in [5.41, 5.74) is 0.894. The minimum Gasteiger partial charge on any atom is -0.465 e. The highest BCUT2D eigenvalue weighted by molar-refractivity contribution is 6.13. The smallest absolute Gasteiger partial charge is 0.345 e. The lowest BCUT2D eigenvalue weighted by Gasteiger charge is -2.03. The Kier molecular flexibility index (Phi) is 4.66. The Balaban J connectivity index is 2.36. The summed E-state index contributed by atoms with van der Waals surface area (Å²) in [7, 11) is 2.45. The van der Waals surface area contributed by atoms with Crippen molar-refractivity contribution in [3.05, 3.63) is 54.2 Å². The van der Waals surface area contributed by atoms with E-state index in [1.54, 1.807) is 0 Å². The average molecular weight is 286 g/mol. The predicted octanol–water partition coefficient (Wildman–Crippen LogP) is 1.40. The molecule has 1 heterocycles. The van der Waals surface area contributed by atoms with Gasteiger partial charge in [0.25, 0.3) is 0 Å². The van der Waals surface area contributed by atoms with E-state index >= 15 is 0 Å². The number of ether oxygens (including phenoxy) is 2. The quantitative estimate of drug-likeness (QED) is 0.280. The molecule has 0 amide bonds. The SMILES string of the molecule is COC(=O)C(=CC[n+]1cccc2ccccc21)C(=O)OC. The number of nitrogens with zero attached hydrogens (tertiary/aromatic N) is 1. The van der Waals surface area contributed by atoms with E-state index in [0.29, 0.717) is 6.54 Å². The number of fused-ring (bicyclic) bond motifs is 1. The molecule has 1 aromatic carbocycles. The highest BCUT2D eigenvalue weighted by Gasteiger charge is 2.20. The number of carbonyl (C=O) groups is 2. The number of methoxy groups -OCH3 is 2. The van der Waals surface area contributed by atoms with Gasteiger partial charge in [0.15, 0.2) is 12.7 Å². The summed E-state index contributed by atoms with van der Waals surface area (Å²) in [5, 5.41) is 1.08. The number of hydrogen-bond acceptors (Lipinski definition) is 4. The third kappa shape index (κ3) is 3.25. The molecular formula is C16H16NO4+. The zero-order valence-electron chi connectivity index (χ0n) is 11.9. The first-order valence-corrected chi connectivity index (χ1v) is 6.41. The summed E-state index contributed by atoms with van der Waals surface area (Å²) in [6.45, 7) is 0.362. The summed E-state index contributed by atoms with van der Waals surface area (Å²) >= 11 is 0. The molecule has 0 aliphatic carbocycles. The summed E-state index contributed by atoms with van der Waals surface area (Å²) < 4.78 is 11.1. The topological polar surface area (TPSA) is 56.5 Å². The zero-order valence-corrected chi connectivity index (χ0v) is 11.9. The largest absolute Gasteiger partial charge is 0.465 e. The van der Waals surface area contributed by atoms with Crippen molar-refractivity contribution in [1.29, 1.82) is 0 Å². The Morgan fingerprint density at radius 3 is 2.33 bits per heavy atom. The van der Waals surface area contributed by atoms with Gasteiger partial charge in [-0.3, -0.25) is 0 Å². The van der Waals surface area contributed by atoms with Crippen molar-refractivity contribution in [3.8, 4) is 0 Å². The van der Waals surface area contributed by atoms with Crippen molar-refractivity contribution >= 4 is 22.8 Å². The van der Waals surface area contributed by atoms with Crippen LogP contribution in [-0.2, 0) is 25.6 Å². The van der Waals surface area contributed by atoms with Crippen molar-refractivity contribution in [2.75, 3.05) is 14.2 Å². The molecule has 5 heteroatoms. The van der Waals surface area contributed by atoms with Crippen LogP contribution in [0.25, 0.3) is 10.9 Å². The molecule has 108 valence electrons. The Labute approximate surface area is 122 Å². The third-order valence-electron chi connectivity index (χ3n) is 3.09. The van der Waals surface area contributed by atoms with E-state index < -0.39 is 11.9 Å². The maximum atomic E-state index is 11.6. The van der Waals surface area contributed by atoms with E-state index in [9.17, 15) is 9.59 Å². The van der Waals surface area contributed by atoms with Crippen LogP contribution in [0.3, 0.4) is 0 Å². The highest BCUT2D eigenvalue weighted by atomic mass is 16.5. The lowest BCUT2D eigenvalue weighted by molar-refractivity contribution is -0.661. The first kappa shape index (κ1) is 14.7. The van der Waals surface area contributed by atoms with Crippen LogP contribution in [0.2, 0.25) is 0 Å². The fourth-order valence-electron chi connectivity index (χ4n) is 2.04. The maximum Gasteiger partial charge on any atom is 0.345 e. The van der Waals surface area contributed by atoms with Crippen LogP contribution in [0.5, 0.6) is 0 Å². The normalized spacial score (nSPS) is 10.0. The van der Waals surface area contributed by atoms with Gasteiger partial charge in [0.2, 0.25) is 5.52 Å². The van der Waals surface area contributed by atoms with Crippen molar-refractivity contribution < 1.29 is 23.6 Å². The first-order valence-electron chi connectivity index (χ1n) is 6.41. The van der Waals surface area contributed by atoms with Crippen LogP contribution in [0, 0.1) is 0 Å². The second-order valence-electron chi connectivity index (χ2n) is 4.32. The number of aromatic nitrogens is 1. The monoisotopic (exact) mass is 286 g/mol. The van der Waals surface area contributed by atoms with Gasteiger partial charge in [-0.2, -0.15) is 4.57 Å². The predicted molar refractivity (Wildman–Crippen MR) is 76.3 cm³/mol. The molecule has 0 spiro atoms. The summed E-state index contributed by atoms with van der Waals surface area (Å²) in [5.74, 6) is -1.41. The number of benzene rings is 1. The Morgan fingerprint density at radius 1 is 1.05 bits per heavy atom. The fourth-order valence-corrected chi connectivity index (χ4v) is 2.04. The van der Waals surface area contributed by atoms with Gasteiger partial charge >= 0.3 is 11.9 Å². The van der Waals surface area contributed by atoms with Crippen LogP contribution in [0.4, 0.5) is 0 Å². The van der Waals surface area contributed by atoms with Gasteiger partial charge in [-0.1, -0.05) is 12.1 Å². The van der Waals surface area contributed by atoms with Crippen LogP contribution in [0.15, 0.2) is 54.2 Å². The average Bonchev–Trinajstić information content (AvgIpc) is 2.54. The van der Waals surface area contributed by atoms with Crippen molar-refractivity contribution in [1.82, 2.24) is 0 Å². The molecule has 0 aliphatic heterocycles. The molecule has 2 aromatic rings.